The van der Waals surface area contributed by atoms with Gasteiger partial charge in [-0.2, -0.15) is 0 Å². The normalized spacial score (nSPS) is 18.8. The lowest BCUT2D eigenvalue weighted by Crippen LogP contribution is -2.14. The summed E-state index contributed by atoms with van der Waals surface area (Å²) in [6.07, 6.45) is 11.4. The highest BCUT2D eigenvalue weighted by molar-refractivity contribution is 6.30. The third-order valence-electron chi connectivity index (χ3n) is 7.19. The Bertz CT molecular complexity index is 914. The van der Waals surface area contributed by atoms with Crippen molar-refractivity contribution >= 4 is 11.6 Å². The van der Waals surface area contributed by atoms with Gasteiger partial charge in [-0.15, -0.1) is 0 Å². The number of halogens is 1. The molecule has 3 aromatic rings. The fraction of sp³-hybridized carbons (Fsp3) is 0.400. The van der Waals surface area contributed by atoms with Gasteiger partial charge in [0, 0.05) is 5.02 Å². The number of hydrogen-bond acceptors (Lipinski definition) is 0. The van der Waals surface area contributed by atoms with Gasteiger partial charge in [0.15, 0.2) is 0 Å². The van der Waals surface area contributed by atoms with E-state index in [1.807, 2.05) is 12.1 Å². The SMILES string of the molecule is CCc1ccc([C@H]2CC[C@H](CCc3ccc(CCc4ccc(Cl)cc4)cc3)CC2)cc1. The zero-order valence-corrected chi connectivity index (χ0v) is 19.6. The van der Waals surface area contributed by atoms with E-state index in [0.717, 1.165) is 36.1 Å². The minimum absolute atomic E-state index is 0.780. The van der Waals surface area contributed by atoms with Crippen LogP contribution in [0.2, 0.25) is 5.02 Å². The van der Waals surface area contributed by atoms with Crippen molar-refractivity contribution in [1.29, 1.82) is 0 Å². The van der Waals surface area contributed by atoms with Crippen LogP contribution in [0.3, 0.4) is 0 Å². The Morgan fingerprint density at radius 1 is 0.613 bits per heavy atom. The van der Waals surface area contributed by atoms with Crippen LogP contribution >= 0.6 is 11.6 Å². The third kappa shape index (κ3) is 6.47. The molecule has 0 aromatic heterocycles. The summed E-state index contributed by atoms with van der Waals surface area (Å²) in [6.45, 7) is 2.23. The van der Waals surface area contributed by atoms with Crippen LogP contribution in [-0.2, 0) is 25.7 Å². The van der Waals surface area contributed by atoms with Crippen molar-refractivity contribution < 1.29 is 0 Å². The highest BCUT2D eigenvalue weighted by Gasteiger charge is 2.22. The molecule has 0 atom stereocenters. The lowest BCUT2D eigenvalue weighted by Gasteiger charge is -2.29. The minimum Gasteiger partial charge on any atom is -0.0843 e. The van der Waals surface area contributed by atoms with Crippen LogP contribution in [0.25, 0.3) is 0 Å². The summed E-state index contributed by atoms with van der Waals surface area (Å²) in [4.78, 5) is 0. The van der Waals surface area contributed by atoms with Gasteiger partial charge in [0.1, 0.15) is 0 Å². The summed E-state index contributed by atoms with van der Waals surface area (Å²) in [5, 5.41) is 0.812. The molecule has 162 valence electrons. The summed E-state index contributed by atoms with van der Waals surface area (Å²) in [7, 11) is 0. The van der Waals surface area contributed by atoms with E-state index < -0.39 is 0 Å². The molecule has 0 amide bonds. The molecule has 0 N–H and O–H groups in total. The Morgan fingerprint density at radius 2 is 1.10 bits per heavy atom. The second kappa shape index (κ2) is 11.0. The molecule has 0 bridgehead atoms. The average Bonchev–Trinajstić information content (AvgIpc) is 2.83. The van der Waals surface area contributed by atoms with Gasteiger partial charge < -0.3 is 0 Å². The minimum atomic E-state index is 0.780. The van der Waals surface area contributed by atoms with E-state index in [9.17, 15) is 0 Å². The topological polar surface area (TPSA) is 0 Å². The fourth-order valence-electron chi connectivity index (χ4n) is 4.99. The van der Waals surface area contributed by atoms with Crippen molar-refractivity contribution in [2.75, 3.05) is 0 Å². The van der Waals surface area contributed by atoms with E-state index in [0.29, 0.717) is 0 Å². The van der Waals surface area contributed by atoms with Crippen LogP contribution < -0.4 is 0 Å². The van der Waals surface area contributed by atoms with E-state index in [1.54, 1.807) is 5.56 Å². The van der Waals surface area contributed by atoms with E-state index in [1.165, 1.54) is 60.8 Å². The number of aryl methyl sites for hydroxylation is 4. The van der Waals surface area contributed by atoms with Crippen molar-refractivity contribution in [3.8, 4) is 0 Å². The molecule has 0 heterocycles. The first-order valence-electron chi connectivity index (χ1n) is 12.1. The average molecular weight is 431 g/mol. The monoisotopic (exact) mass is 430 g/mol. The highest BCUT2D eigenvalue weighted by Crippen LogP contribution is 2.37. The molecule has 0 spiro atoms. The third-order valence-corrected chi connectivity index (χ3v) is 7.44. The van der Waals surface area contributed by atoms with Gasteiger partial charge in [-0.25, -0.2) is 0 Å². The van der Waals surface area contributed by atoms with Gasteiger partial charge in [0.25, 0.3) is 0 Å². The zero-order chi connectivity index (χ0) is 21.5. The lowest BCUT2D eigenvalue weighted by molar-refractivity contribution is 0.310. The summed E-state index contributed by atoms with van der Waals surface area (Å²) < 4.78 is 0. The molecule has 0 saturated heterocycles. The quantitative estimate of drug-likeness (QED) is 0.335. The van der Waals surface area contributed by atoms with Crippen LogP contribution in [-0.4, -0.2) is 0 Å². The van der Waals surface area contributed by atoms with E-state index in [-0.39, 0.29) is 0 Å². The van der Waals surface area contributed by atoms with Gasteiger partial charge in [-0.3, -0.25) is 0 Å². The molecule has 1 aliphatic rings. The molecular formula is C30H35Cl. The first-order valence-corrected chi connectivity index (χ1v) is 12.5. The fourth-order valence-corrected chi connectivity index (χ4v) is 5.12. The van der Waals surface area contributed by atoms with Crippen LogP contribution in [0, 0.1) is 5.92 Å². The first-order chi connectivity index (χ1) is 15.2. The standard InChI is InChI=1S/C30H35Cl/c1-2-23-11-17-28(18-12-23)29-19-13-26(14-20-29)9-7-24-3-5-25(6-4-24)8-10-27-15-21-30(31)22-16-27/h3-6,11-12,15-18,21-22,26,29H,2,7-10,13-14,19-20H2,1H3/t26-,29-. The number of benzene rings is 3. The van der Waals surface area contributed by atoms with Gasteiger partial charge in [-0.1, -0.05) is 79.2 Å². The Balaban J connectivity index is 1.19. The Hall–Kier alpha value is -2.05. The smallest absolute Gasteiger partial charge is 0.0406 e. The molecular weight excluding hydrogens is 396 g/mol. The highest BCUT2D eigenvalue weighted by atomic mass is 35.5. The molecule has 0 radical (unpaired) electrons. The van der Waals surface area contributed by atoms with Crippen LogP contribution in [0.4, 0.5) is 0 Å². The predicted molar refractivity (Wildman–Crippen MR) is 134 cm³/mol. The maximum Gasteiger partial charge on any atom is 0.0406 e. The van der Waals surface area contributed by atoms with Crippen molar-refractivity contribution in [2.24, 2.45) is 5.92 Å². The van der Waals surface area contributed by atoms with Crippen LogP contribution in [0.15, 0.2) is 72.8 Å². The number of rotatable bonds is 8. The van der Waals surface area contributed by atoms with E-state index in [2.05, 4.69) is 67.6 Å². The molecule has 0 unspecified atom stereocenters. The molecule has 1 saturated carbocycles. The molecule has 1 fully saturated rings. The van der Waals surface area contributed by atoms with Crippen LogP contribution in [0.5, 0.6) is 0 Å². The Morgan fingerprint density at radius 3 is 1.65 bits per heavy atom. The van der Waals surface area contributed by atoms with E-state index in [4.69, 9.17) is 11.6 Å². The van der Waals surface area contributed by atoms with Crippen molar-refractivity contribution in [3.05, 3.63) is 106 Å². The molecule has 0 nitrogen and oxygen atoms in total. The molecule has 4 rings (SSSR count). The van der Waals surface area contributed by atoms with Gasteiger partial charge >= 0.3 is 0 Å². The lowest BCUT2D eigenvalue weighted by atomic mass is 9.77. The Labute approximate surface area is 193 Å². The van der Waals surface area contributed by atoms with Gasteiger partial charge in [-0.05, 0) is 110 Å². The van der Waals surface area contributed by atoms with Gasteiger partial charge in [0.05, 0.1) is 0 Å². The van der Waals surface area contributed by atoms with Crippen molar-refractivity contribution in [3.63, 3.8) is 0 Å². The summed E-state index contributed by atoms with van der Waals surface area (Å²) in [5.74, 6) is 1.68. The van der Waals surface area contributed by atoms with Crippen molar-refractivity contribution in [2.45, 2.75) is 70.6 Å². The largest absolute Gasteiger partial charge is 0.0843 e. The molecule has 3 aromatic carbocycles. The molecule has 31 heavy (non-hydrogen) atoms. The maximum atomic E-state index is 5.98. The van der Waals surface area contributed by atoms with Crippen LogP contribution in [0.1, 0.15) is 72.8 Å². The number of hydrogen-bond donors (Lipinski definition) is 0. The molecule has 1 heteroatoms. The second-order valence-electron chi connectivity index (χ2n) is 9.29. The molecule has 1 aliphatic carbocycles. The first kappa shape index (κ1) is 22.2. The summed E-state index contributed by atoms with van der Waals surface area (Å²) in [5.41, 5.74) is 7.28. The summed E-state index contributed by atoms with van der Waals surface area (Å²) in [6, 6.07) is 26.9. The maximum absolute atomic E-state index is 5.98. The zero-order valence-electron chi connectivity index (χ0n) is 18.8. The van der Waals surface area contributed by atoms with Gasteiger partial charge in [0.2, 0.25) is 0 Å². The predicted octanol–water partition coefficient (Wildman–Crippen LogP) is 8.59. The van der Waals surface area contributed by atoms with Crippen molar-refractivity contribution in [1.82, 2.24) is 0 Å². The Kier molecular flexibility index (Phi) is 7.86. The summed E-state index contributed by atoms with van der Waals surface area (Å²) >= 11 is 5.98. The second-order valence-corrected chi connectivity index (χ2v) is 9.73. The molecule has 0 aliphatic heterocycles. The van der Waals surface area contributed by atoms with E-state index >= 15 is 0 Å².